The van der Waals surface area contributed by atoms with Gasteiger partial charge in [-0.2, -0.15) is 0 Å². The van der Waals surface area contributed by atoms with Crippen molar-refractivity contribution in [1.29, 1.82) is 0 Å². The lowest BCUT2D eigenvalue weighted by Crippen LogP contribution is -2.27. The number of nitrogens with one attached hydrogen (secondary N) is 1. The molecule has 3 heterocycles. The molecule has 0 aromatic carbocycles. The van der Waals surface area contributed by atoms with Crippen LogP contribution < -0.4 is 5.32 Å². The first-order valence-corrected chi connectivity index (χ1v) is 8.39. The Morgan fingerprint density at radius 3 is 2.76 bits per heavy atom. The van der Waals surface area contributed by atoms with E-state index in [-0.39, 0.29) is 6.03 Å². The Kier molecular flexibility index (Phi) is 4.89. The fraction of sp³-hybridized carbons (Fsp3) is 0.294. The van der Waals surface area contributed by atoms with Crippen LogP contribution in [0.1, 0.15) is 32.4 Å². The van der Waals surface area contributed by atoms with Gasteiger partial charge in [-0.05, 0) is 31.2 Å². The molecule has 7 nitrogen and oxygen atoms in total. The Labute approximate surface area is 151 Å². The Morgan fingerprint density at radius 2 is 2.08 bits per heavy atom. The molecule has 2 amide bonds. The zero-order chi connectivity index (χ0) is 18.0. The molecule has 25 heavy (non-hydrogen) atoms. The number of carbonyl (C=O) groups is 1. The van der Waals surface area contributed by atoms with Crippen LogP contribution in [-0.2, 0) is 0 Å². The molecule has 0 aliphatic carbocycles. The molecule has 0 aliphatic rings. The van der Waals surface area contributed by atoms with Gasteiger partial charge in [-0.25, -0.2) is 14.8 Å². The second-order valence-electron chi connectivity index (χ2n) is 5.80. The Bertz CT molecular complexity index is 909. The van der Waals surface area contributed by atoms with Crippen LogP contribution in [0.15, 0.2) is 34.9 Å². The quantitative estimate of drug-likeness (QED) is 0.687. The zero-order valence-electron chi connectivity index (χ0n) is 14.2. The fourth-order valence-electron chi connectivity index (χ4n) is 2.20. The number of pyridine rings is 1. The summed E-state index contributed by atoms with van der Waals surface area (Å²) in [4.78, 5) is 25.1. The van der Waals surface area contributed by atoms with Gasteiger partial charge >= 0.3 is 6.03 Å². The lowest BCUT2D eigenvalue weighted by Gasteiger charge is -2.13. The minimum atomic E-state index is -0.352. The van der Waals surface area contributed by atoms with Crippen molar-refractivity contribution in [2.75, 3.05) is 11.9 Å². The number of aromatic nitrogens is 3. The predicted octanol–water partition coefficient (Wildman–Crippen LogP) is 4.11. The van der Waals surface area contributed by atoms with Crippen LogP contribution in [0.2, 0.25) is 0 Å². The molecular formula is C17H19N5O2S. The maximum atomic E-state index is 11.9. The summed E-state index contributed by atoms with van der Waals surface area (Å²) in [5.74, 6) is 2.21. The number of carbonyl (C=O) groups excluding carboxylic acids is 1. The van der Waals surface area contributed by atoms with Gasteiger partial charge in [0, 0.05) is 12.5 Å². The zero-order valence-corrected chi connectivity index (χ0v) is 15.1. The first-order valence-electron chi connectivity index (χ1n) is 7.99. The molecule has 3 aromatic rings. The standard InChI is InChI=1S/C17H19N5O2S/c1-4-22(25)17(23)21-15-8-5-11-16(20-15)19-12(9-18-11)14-7-6-13(24-14)10(2)3/h5-10,25H,4H2,1-3H3,(H,19,20,21,23). The first-order chi connectivity index (χ1) is 12.0. The molecule has 0 bridgehead atoms. The van der Waals surface area contributed by atoms with E-state index in [1.807, 2.05) is 19.1 Å². The van der Waals surface area contributed by atoms with E-state index in [1.165, 1.54) is 4.31 Å². The molecule has 0 fully saturated rings. The number of fused-ring (bicyclic) bond motifs is 1. The molecule has 1 N–H and O–H groups in total. The largest absolute Gasteiger partial charge is 0.459 e. The highest BCUT2D eigenvalue weighted by Gasteiger charge is 2.12. The van der Waals surface area contributed by atoms with Crippen molar-refractivity contribution in [3.63, 3.8) is 0 Å². The molecule has 130 valence electrons. The van der Waals surface area contributed by atoms with Gasteiger partial charge < -0.3 is 4.42 Å². The van der Waals surface area contributed by atoms with Crippen LogP contribution in [-0.4, -0.2) is 31.8 Å². The summed E-state index contributed by atoms with van der Waals surface area (Å²) in [5, 5.41) is 2.67. The maximum absolute atomic E-state index is 11.9. The summed E-state index contributed by atoms with van der Waals surface area (Å²) in [6.07, 6.45) is 1.65. The Morgan fingerprint density at radius 1 is 1.28 bits per heavy atom. The number of rotatable bonds is 4. The molecule has 0 atom stereocenters. The van der Waals surface area contributed by atoms with E-state index in [9.17, 15) is 4.79 Å². The average Bonchev–Trinajstić information content (AvgIpc) is 3.10. The first kappa shape index (κ1) is 17.2. The molecule has 3 aromatic heterocycles. The third-order valence-corrected chi connectivity index (χ3v) is 4.09. The average molecular weight is 357 g/mol. The van der Waals surface area contributed by atoms with Gasteiger partial charge in [0.05, 0.1) is 6.20 Å². The minimum absolute atomic E-state index is 0.296. The lowest BCUT2D eigenvalue weighted by molar-refractivity contribution is 0.240. The number of nitrogens with zero attached hydrogens (tertiary/aromatic N) is 4. The number of anilines is 1. The van der Waals surface area contributed by atoms with E-state index in [4.69, 9.17) is 4.42 Å². The van der Waals surface area contributed by atoms with Crippen molar-refractivity contribution >= 4 is 35.8 Å². The molecule has 3 rings (SSSR count). The lowest BCUT2D eigenvalue weighted by atomic mass is 10.2. The summed E-state index contributed by atoms with van der Waals surface area (Å²) in [6.45, 7) is 6.43. The molecular weight excluding hydrogens is 338 g/mol. The molecule has 0 saturated heterocycles. The summed E-state index contributed by atoms with van der Waals surface area (Å²) in [6, 6.07) is 6.88. The molecule has 0 radical (unpaired) electrons. The predicted molar refractivity (Wildman–Crippen MR) is 99.5 cm³/mol. The van der Waals surface area contributed by atoms with Gasteiger partial charge in [0.25, 0.3) is 0 Å². The van der Waals surface area contributed by atoms with Crippen LogP contribution >= 0.6 is 12.8 Å². The van der Waals surface area contributed by atoms with Crippen LogP contribution in [0, 0.1) is 0 Å². The Hall–Kier alpha value is -2.61. The van der Waals surface area contributed by atoms with E-state index >= 15 is 0 Å². The number of hydrogen-bond acceptors (Lipinski definition) is 6. The van der Waals surface area contributed by atoms with E-state index in [0.717, 1.165) is 5.76 Å². The van der Waals surface area contributed by atoms with Crippen molar-refractivity contribution in [2.24, 2.45) is 0 Å². The molecule has 8 heteroatoms. The van der Waals surface area contributed by atoms with Crippen molar-refractivity contribution < 1.29 is 9.21 Å². The summed E-state index contributed by atoms with van der Waals surface area (Å²) in [5.41, 5.74) is 1.66. The van der Waals surface area contributed by atoms with Crippen LogP contribution in [0.4, 0.5) is 10.6 Å². The molecule has 0 aliphatic heterocycles. The third-order valence-electron chi connectivity index (χ3n) is 3.62. The van der Waals surface area contributed by atoms with Crippen molar-refractivity contribution in [3.8, 4) is 11.5 Å². The topological polar surface area (TPSA) is 84.2 Å². The number of urea groups is 1. The van der Waals surface area contributed by atoms with Crippen molar-refractivity contribution in [3.05, 3.63) is 36.2 Å². The monoisotopic (exact) mass is 357 g/mol. The van der Waals surface area contributed by atoms with Crippen LogP contribution in [0.3, 0.4) is 0 Å². The number of amides is 2. The summed E-state index contributed by atoms with van der Waals surface area (Å²) in [7, 11) is 0. The maximum Gasteiger partial charge on any atom is 0.332 e. The van der Waals surface area contributed by atoms with Crippen molar-refractivity contribution in [2.45, 2.75) is 26.7 Å². The summed E-state index contributed by atoms with van der Waals surface area (Å²) < 4.78 is 7.06. The molecule has 0 spiro atoms. The second kappa shape index (κ2) is 7.10. The smallest absolute Gasteiger partial charge is 0.332 e. The highest BCUT2D eigenvalue weighted by atomic mass is 32.1. The van der Waals surface area contributed by atoms with Gasteiger partial charge in [0.1, 0.15) is 22.8 Å². The van der Waals surface area contributed by atoms with Gasteiger partial charge in [0.2, 0.25) is 0 Å². The minimum Gasteiger partial charge on any atom is -0.459 e. The van der Waals surface area contributed by atoms with Gasteiger partial charge in [-0.1, -0.05) is 26.7 Å². The van der Waals surface area contributed by atoms with Crippen LogP contribution in [0.25, 0.3) is 22.6 Å². The fourth-order valence-corrected chi connectivity index (χ4v) is 2.25. The van der Waals surface area contributed by atoms with Crippen molar-refractivity contribution in [1.82, 2.24) is 19.3 Å². The van der Waals surface area contributed by atoms with Gasteiger partial charge in [-0.3, -0.25) is 14.6 Å². The van der Waals surface area contributed by atoms with Gasteiger partial charge in [-0.15, -0.1) is 0 Å². The number of furan rings is 1. The van der Waals surface area contributed by atoms with Crippen LogP contribution in [0.5, 0.6) is 0 Å². The SMILES string of the molecule is CCN(S)C(=O)Nc1ccc2ncc(-c3ccc(C(C)C)o3)nc2n1. The normalized spacial score (nSPS) is 11.1. The summed E-state index contributed by atoms with van der Waals surface area (Å²) >= 11 is 4.06. The van der Waals surface area contributed by atoms with E-state index in [1.54, 1.807) is 18.3 Å². The van der Waals surface area contributed by atoms with Gasteiger partial charge in [0.15, 0.2) is 11.4 Å². The molecule has 0 saturated carbocycles. The van der Waals surface area contributed by atoms with E-state index in [0.29, 0.717) is 40.9 Å². The third kappa shape index (κ3) is 3.74. The Balaban J connectivity index is 1.91. The number of hydrogen-bond donors (Lipinski definition) is 2. The van der Waals surface area contributed by atoms with E-state index in [2.05, 4.69) is 46.9 Å². The number of thiol groups is 1. The highest BCUT2D eigenvalue weighted by molar-refractivity contribution is 7.78. The van der Waals surface area contributed by atoms with E-state index < -0.39 is 0 Å². The second-order valence-corrected chi connectivity index (χ2v) is 6.28. The molecule has 0 unspecified atom stereocenters. The highest BCUT2D eigenvalue weighted by Crippen LogP contribution is 2.25.